The molecular weight excluding hydrogens is 214 g/mol. The Hall–Kier alpha value is -1.88. The van der Waals surface area contributed by atoms with E-state index in [1.54, 1.807) is 30.7 Å². The van der Waals surface area contributed by atoms with Crippen molar-refractivity contribution in [2.45, 2.75) is 0 Å². The number of amidine groups is 1. The van der Waals surface area contributed by atoms with Crippen LogP contribution in [0.15, 0.2) is 30.7 Å². The van der Waals surface area contributed by atoms with Crippen molar-refractivity contribution in [3.8, 4) is 5.82 Å². The fraction of sp³-hybridized carbons (Fsp3) is 0. The van der Waals surface area contributed by atoms with Crippen LogP contribution in [0.3, 0.4) is 0 Å². The van der Waals surface area contributed by atoms with Crippen LogP contribution in [0.1, 0.15) is 5.56 Å². The van der Waals surface area contributed by atoms with Crippen molar-refractivity contribution in [1.82, 2.24) is 14.8 Å². The molecule has 0 aliphatic carbocycles. The van der Waals surface area contributed by atoms with E-state index in [4.69, 9.17) is 22.7 Å². The molecule has 2 rings (SSSR count). The van der Waals surface area contributed by atoms with Gasteiger partial charge < -0.3 is 5.73 Å². The number of nitrogen functional groups attached to an aromatic ring is 1. The number of nitrogens with two attached hydrogens (primary N) is 1. The Morgan fingerprint density at radius 2 is 2.27 bits per heavy atom. The Morgan fingerprint density at radius 1 is 1.47 bits per heavy atom. The Labute approximate surface area is 91.0 Å². The lowest BCUT2D eigenvalue weighted by molar-refractivity contribution is 0.846. The molecule has 3 N–H and O–H groups in total. The van der Waals surface area contributed by atoms with E-state index in [1.807, 2.05) is 0 Å². The van der Waals surface area contributed by atoms with Gasteiger partial charge in [-0.1, -0.05) is 11.6 Å². The molecule has 0 atom stereocenters. The molecule has 5 nitrogen and oxygen atoms in total. The summed E-state index contributed by atoms with van der Waals surface area (Å²) in [5.41, 5.74) is 5.83. The van der Waals surface area contributed by atoms with E-state index in [9.17, 15) is 0 Å². The van der Waals surface area contributed by atoms with Gasteiger partial charge in [-0.2, -0.15) is 5.10 Å². The molecule has 0 aliphatic rings. The van der Waals surface area contributed by atoms with E-state index in [1.165, 1.54) is 4.68 Å². The molecule has 0 spiro atoms. The zero-order valence-corrected chi connectivity index (χ0v) is 8.44. The molecule has 0 bridgehead atoms. The number of nitrogens with zero attached hydrogens (tertiary/aromatic N) is 3. The number of nitrogens with one attached hydrogen (secondary N) is 1. The van der Waals surface area contributed by atoms with E-state index in [2.05, 4.69) is 10.1 Å². The lowest BCUT2D eigenvalue weighted by Crippen LogP contribution is -2.13. The minimum absolute atomic E-state index is 0.0872. The first kappa shape index (κ1) is 9.67. The second-order valence-electron chi connectivity index (χ2n) is 2.86. The number of halogens is 1. The molecular formula is C9H8ClN5. The number of aromatic nitrogens is 3. The smallest absolute Gasteiger partial charge is 0.172 e. The first-order valence-corrected chi connectivity index (χ1v) is 4.57. The highest BCUT2D eigenvalue weighted by Gasteiger charge is 2.10. The molecule has 6 heteroatoms. The monoisotopic (exact) mass is 221 g/mol. The predicted molar refractivity (Wildman–Crippen MR) is 57.4 cm³/mol. The Bertz CT molecular complexity index is 491. The molecule has 0 aliphatic heterocycles. The Morgan fingerprint density at radius 3 is 2.87 bits per heavy atom. The Balaban J connectivity index is 2.59. The summed E-state index contributed by atoms with van der Waals surface area (Å²) in [4.78, 5) is 4.08. The minimum Gasteiger partial charge on any atom is -0.384 e. The van der Waals surface area contributed by atoms with E-state index in [0.29, 0.717) is 16.4 Å². The van der Waals surface area contributed by atoms with Gasteiger partial charge in [-0.05, 0) is 12.1 Å². The van der Waals surface area contributed by atoms with Crippen molar-refractivity contribution < 1.29 is 0 Å². The fourth-order valence-corrected chi connectivity index (χ4v) is 1.49. The molecule has 0 radical (unpaired) electrons. The average Bonchev–Trinajstić information content (AvgIpc) is 2.70. The summed E-state index contributed by atoms with van der Waals surface area (Å²) in [6.07, 6.45) is 4.89. The number of pyridine rings is 1. The largest absolute Gasteiger partial charge is 0.384 e. The molecule has 2 aromatic rings. The first-order chi connectivity index (χ1) is 7.20. The molecule has 0 aromatic carbocycles. The van der Waals surface area contributed by atoms with Gasteiger partial charge in [0.15, 0.2) is 5.82 Å². The van der Waals surface area contributed by atoms with Crippen LogP contribution in [0.25, 0.3) is 5.82 Å². The topological polar surface area (TPSA) is 80.6 Å². The van der Waals surface area contributed by atoms with Crippen molar-refractivity contribution in [3.63, 3.8) is 0 Å². The molecule has 15 heavy (non-hydrogen) atoms. The normalized spacial score (nSPS) is 10.2. The van der Waals surface area contributed by atoms with Crippen molar-refractivity contribution in [3.05, 3.63) is 41.3 Å². The summed E-state index contributed by atoms with van der Waals surface area (Å²) >= 11 is 6.05. The van der Waals surface area contributed by atoms with E-state index < -0.39 is 0 Å². The zero-order chi connectivity index (χ0) is 10.8. The second kappa shape index (κ2) is 3.70. The van der Waals surface area contributed by atoms with Gasteiger partial charge >= 0.3 is 0 Å². The summed E-state index contributed by atoms with van der Waals surface area (Å²) in [7, 11) is 0. The molecule has 0 unspecified atom stereocenters. The van der Waals surface area contributed by atoms with Crippen LogP contribution in [0.2, 0.25) is 5.02 Å². The van der Waals surface area contributed by atoms with E-state index in [0.717, 1.165) is 0 Å². The Kier molecular flexibility index (Phi) is 2.39. The maximum Gasteiger partial charge on any atom is 0.172 e. The molecule has 0 fully saturated rings. The fourth-order valence-electron chi connectivity index (χ4n) is 1.19. The SMILES string of the molecule is N=C(N)c1ccnc(-n2cccn2)c1Cl. The average molecular weight is 222 g/mol. The number of rotatable bonds is 2. The molecule has 2 heterocycles. The molecule has 2 aromatic heterocycles. The van der Waals surface area contributed by atoms with Gasteiger partial charge in [-0.25, -0.2) is 9.67 Å². The zero-order valence-electron chi connectivity index (χ0n) is 7.68. The second-order valence-corrected chi connectivity index (χ2v) is 3.24. The predicted octanol–water partition coefficient (Wildman–Crippen LogP) is 1.20. The van der Waals surface area contributed by atoms with Gasteiger partial charge in [0.25, 0.3) is 0 Å². The summed E-state index contributed by atoms with van der Waals surface area (Å²) in [6, 6.07) is 3.36. The highest BCUT2D eigenvalue weighted by Crippen LogP contribution is 2.21. The minimum atomic E-state index is -0.0872. The first-order valence-electron chi connectivity index (χ1n) is 4.19. The summed E-state index contributed by atoms with van der Waals surface area (Å²) in [5.74, 6) is 0.380. The van der Waals surface area contributed by atoms with Crippen LogP contribution in [0.5, 0.6) is 0 Å². The lowest BCUT2D eigenvalue weighted by atomic mass is 10.2. The maximum atomic E-state index is 7.33. The lowest BCUT2D eigenvalue weighted by Gasteiger charge is -2.06. The van der Waals surface area contributed by atoms with Gasteiger partial charge in [-0.3, -0.25) is 5.41 Å². The summed E-state index contributed by atoms with van der Waals surface area (Å²) in [5, 5.41) is 11.7. The van der Waals surface area contributed by atoms with Crippen LogP contribution in [-0.2, 0) is 0 Å². The van der Waals surface area contributed by atoms with Crippen molar-refractivity contribution in [1.29, 1.82) is 5.41 Å². The highest BCUT2D eigenvalue weighted by atomic mass is 35.5. The van der Waals surface area contributed by atoms with Crippen molar-refractivity contribution in [2.75, 3.05) is 0 Å². The van der Waals surface area contributed by atoms with Crippen LogP contribution in [-0.4, -0.2) is 20.6 Å². The van der Waals surface area contributed by atoms with E-state index in [-0.39, 0.29) is 5.84 Å². The van der Waals surface area contributed by atoms with Crippen LogP contribution >= 0.6 is 11.6 Å². The van der Waals surface area contributed by atoms with Crippen molar-refractivity contribution >= 4 is 17.4 Å². The molecule has 76 valence electrons. The molecule has 0 saturated heterocycles. The van der Waals surface area contributed by atoms with Gasteiger partial charge in [0.2, 0.25) is 0 Å². The van der Waals surface area contributed by atoms with Crippen LogP contribution in [0, 0.1) is 5.41 Å². The quantitative estimate of drug-likeness (QED) is 0.591. The molecule has 0 saturated carbocycles. The van der Waals surface area contributed by atoms with Gasteiger partial charge in [0.1, 0.15) is 5.84 Å². The van der Waals surface area contributed by atoms with Gasteiger partial charge in [-0.15, -0.1) is 0 Å². The van der Waals surface area contributed by atoms with E-state index >= 15 is 0 Å². The van der Waals surface area contributed by atoms with Crippen LogP contribution < -0.4 is 5.73 Å². The summed E-state index contributed by atoms with van der Waals surface area (Å²) in [6.45, 7) is 0. The highest BCUT2D eigenvalue weighted by molar-refractivity contribution is 6.35. The third kappa shape index (κ3) is 1.69. The van der Waals surface area contributed by atoms with Crippen molar-refractivity contribution in [2.24, 2.45) is 5.73 Å². The maximum absolute atomic E-state index is 7.33. The van der Waals surface area contributed by atoms with Crippen LogP contribution in [0.4, 0.5) is 0 Å². The number of hydrogen-bond donors (Lipinski definition) is 2. The van der Waals surface area contributed by atoms with Gasteiger partial charge in [0, 0.05) is 24.2 Å². The summed E-state index contributed by atoms with van der Waals surface area (Å²) < 4.78 is 1.52. The van der Waals surface area contributed by atoms with Gasteiger partial charge in [0.05, 0.1) is 5.02 Å². The third-order valence-corrected chi connectivity index (χ3v) is 2.26. The standard InChI is InChI=1S/C9H8ClN5/c10-7-6(8(11)12)2-4-13-9(7)15-5-1-3-14-15/h1-5H,(H3,11,12). The number of hydrogen-bond acceptors (Lipinski definition) is 3. The molecule has 0 amide bonds. The third-order valence-electron chi connectivity index (χ3n) is 1.88.